The van der Waals surface area contributed by atoms with E-state index in [1.54, 1.807) is 17.0 Å². The number of carbonyl (C=O) groups excluding carboxylic acids is 1. The third-order valence-corrected chi connectivity index (χ3v) is 5.45. The van der Waals surface area contributed by atoms with Crippen molar-refractivity contribution in [3.8, 4) is 0 Å². The fourth-order valence-electron chi connectivity index (χ4n) is 3.83. The molecule has 0 N–H and O–H groups in total. The van der Waals surface area contributed by atoms with Crippen LogP contribution in [0.25, 0.3) is 0 Å². The quantitative estimate of drug-likeness (QED) is 0.360. The van der Waals surface area contributed by atoms with Gasteiger partial charge in [-0.15, -0.1) is 6.58 Å². The zero-order valence-corrected chi connectivity index (χ0v) is 18.1. The Bertz CT molecular complexity index is 1040. The molecule has 1 unspecified atom stereocenters. The van der Waals surface area contributed by atoms with Gasteiger partial charge in [-0.25, -0.2) is 0 Å². The van der Waals surface area contributed by atoms with Crippen molar-refractivity contribution in [2.24, 2.45) is 0 Å². The minimum absolute atomic E-state index is 0.00502. The first-order valence-electron chi connectivity index (χ1n) is 10.6. The first-order valence-corrected chi connectivity index (χ1v) is 10.6. The Morgan fingerprint density at radius 2 is 1.84 bits per heavy atom. The molecular weight excluding hydrogens is 413 g/mol. The minimum Gasteiger partial charge on any atom is -0.345 e. The molecule has 6 heteroatoms. The van der Waals surface area contributed by atoms with Gasteiger partial charge in [0.25, 0.3) is 0 Å². The number of hydrogen-bond acceptors (Lipinski definition) is 1. The van der Waals surface area contributed by atoms with Gasteiger partial charge in [-0.2, -0.15) is 13.2 Å². The summed E-state index contributed by atoms with van der Waals surface area (Å²) < 4.78 is 41.1. The second-order valence-corrected chi connectivity index (χ2v) is 7.70. The maximum atomic E-state index is 13.4. The lowest BCUT2D eigenvalue weighted by Gasteiger charge is -2.27. The summed E-state index contributed by atoms with van der Waals surface area (Å²) in [6, 6.07) is 18.7. The van der Waals surface area contributed by atoms with E-state index in [1.165, 1.54) is 12.1 Å². The van der Waals surface area contributed by atoms with Crippen LogP contribution in [-0.2, 0) is 24.1 Å². The number of carbonyl (C=O) groups is 1. The van der Waals surface area contributed by atoms with Crippen molar-refractivity contribution in [3.63, 3.8) is 0 Å². The molecule has 3 nitrogen and oxygen atoms in total. The van der Waals surface area contributed by atoms with Crippen molar-refractivity contribution in [3.05, 3.63) is 108 Å². The van der Waals surface area contributed by atoms with Gasteiger partial charge in [-0.05, 0) is 41.8 Å². The van der Waals surface area contributed by atoms with Crippen molar-refractivity contribution in [1.29, 1.82) is 0 Å². The minimum atomic E-state index is -4.38. The van der Waals surface area contributed by atoms with Crippen LogP contribution in [0.5, 0.6) is 0 Å². The number of aromatic nitrogens is 1. The van der Waals surface area contributed by atoms with Crippen LogP contribution in [0, 0.1) is 0 Å². The van der Waals surface area contributed by atoms with Crippen molar-refractivity contribution >= 4 is 5.91 Å². The number of amides is 1. The maximum absolute atomic E-state index is 13.4. The summed E-state index contributed by atoms with van der Waals surface area (Å²) in [5.74, 6) is -0.256. The SMILES string of the molecule is C=CCN(Cc1cccn1Cc1cccc(C(F)(F)F)c1)C(=O)C(CC)c1ccccc1. The number of benzene rings is 2. The molecule has 1 aromatic heterocycles. The van der Waals surface area contributed by atoms with Crippen molar-refractivity contribution < 1.29 is 18.0 Å². The van der Waals surface area contributed by atoms with Gasteiger partial charge >= 0.3 is 6.18 Å². The average Bonchev–Trinajstić information content (AvgIpc) is 3.20. The molecule has 168 valence electrons. The average molecular weight is 441 g/mol. The number of hydrogen-bond donors (Lipinski definition) is 0. The second-order valence-electron chi connectivity index (χ2n) is 7.70. The highest BCUT2D eigenvalue weighted by Gasteiger charge is 2.30. The summed E-state index contributed by atoms with van der Waals surface area (Å²) in [6.45, 7) is 6.79. The Labute approximate surface area is 186 Å². The maximum Gasteiger partial charge on any atom is 0.416 e. The molecule has 3 rings (SSSR count). The van der Waals surface area contributed by atoms with Crippen LogP contribution in [-0.4, -0.2) is 21.9 Å². The molecule has 0 aliphatic carbocycles. The van der Waals surface area contributed by atoms with Crippen molar-refractivity contribution in [2.75, 3.05) is 6.54 Å². The van der Waals surface area contributed by atoms with E-state index in [2.05, 4.69) is 6.58 Å². The topological polar surface area (TPSA) is 25.2 Å². The number of alkyl halides is 3. The van der Waals surface area contributed by atoms with Crippen molar-refractivity contribution in [2.45, 2.75) is 38.5 Å². The summed E-state index contributed by atoms with van der Waals surface area (Å²) in [7, 11) is 0. The summed E-state index contributed by atoms with van der Waals surface area (Å²) in [5.41, 5.74) is 1.70. The van der Waals surface area contributed by atoms with E-state index in [4.69, 9.17) is 0 Å². The highest BCUT2D eigenvalue weighted by atomic mass is 19.4. The van der Waals surface area contributed by atoms with Gasteiger partial charge in [0.15, 0.2) is 0 Å². The highest BCUT2D eigenvalue weighted by Crippen LogP contribution is 2.30. The molecule has 1 heterocycles. The predicted molar refractivity (Wildman–Crippen MR) is 120 cm³/mol. The molecular formula is C26H27F3N2O. The van der Waals surface area contributed by atoms with Gasteiger partial charge in [-0.3, -0.25) is 4.79 Å². The largest absolute Gasteiger partial charge is 0.416 e. The lowest BCUT2D eigenvalue weighted by molar-refractivity contribution is -0.137. The standard InChI is InChI=1S/C26H27F3N2O/c1-3-15-31(25(32)24(4-2)21-11-6-5-7-12-21)19-23-14-9-16-30(23)18-20-10-8-13-22(17-20)26(27,28)29/h3,5-14,16-17,24H,1,4,15,18-19H2,2H3. The van der Waals surface area contributed by atoms with Crippen molar-refractivity contribution in [1.82, 2.24) is 9.47 Å². The van der Waals surface area contributed by atoms with Crippen LogP contribution < -0.4 is 0 Å². The van der Waals surface area contributed by atoms with Gasteiger partial charge in [0.1, 0.15) is 0 Å². The molecule has 0 fully saturated rings. The Hall–Kier alpha value is -3.28. The highest BCUT2D eigenvalue weighted by molar-refractivity contribution is 5.83. The summed E-state index contributed by atoms with van der Waals surface area (Å²) in [4.78, 5) is 15.1. The normalized spacial score (nSPS) is 12.4. The number of rotatable bonds is 9. The Morgan fingerprint density at radius 1 is 1.09 bits per heavy atom. The van der Waals surface area contributed by atoms with Crippen LogP contribution in [0.4, 0.5) is 13.2 Å². The van der Waals surface area contributed by atoms with E-state index < -0.39 is 11.7 Å². The Morgan fingerprint density at radius 3 is 2.50 bits per heavy atom. The molecule has 1 atom stereocenters. The summed E-state index contributed by atoms with van der Waals surface area (Å²) in [5, 5.41) is 0. The van der Waals surface area contributed by atoms with Gasteiger partial charge in [-0.1, -0.05) is 55.5 Å². The molecule has 32 heavy (non-hydrogen) atoms. The van der Waals surface area contributed by atoms with Gasteiger partial charge < -0.3 is 9.47 Å². The first kappa shape index (κ1) is 23.4. The fraction of sp³-hybridized carbons (Fsp3) is 0.269. The van der Waals surface area contributed by atoms with E-state index in [0.717, 1.165) is 17.3 Å². The van der Waals surface area contributed by atoms with Crippen LogP contribution in [0.3, 0.4) is 0 Å². The molecule has 2 aromatic carbocycles. The van der Waals surface area contributed by atoms with Crippen LogP contribution in [0.2, 0.25) is 0 Å². The molecule has 3 aromatic rings. The van der Waals surface area contributed by atoms with E-state index in [1.807, 2.05) is 60.2 Å². The number of nitrogens with zero attached hydrogens (tertiary/aromatic N) is 2. The van der Waals surface area contributed by atoms with Gasteiger partial charge in [0.2, 0.25) is 5.91 Å². The second kappa shape index (κ2) is 10.4. The Kier molecular flexibility index (Phi) is 7.57. The lowest BCUT2D eigenvalue weighted by Crippen LogP contribution is -2.35. The summed E-state index contributed by atoms with van der Waals surface area (Å²) >= 11 is 0. The molecule has 0 saturated carbocycles. The van der Waals surface area contributed by atoms with Crippen LogP contribution in [0.1, 0.15) is 41.6 Å². The molecule has 0 aliphatic rings. The zero-order chi connectivity index (χ0) is 23.1. The molecule has 0 aliphatic heterocycles. The third-order valence-electron chi connectivity index (χ3n) is 5.45. The van der Waals surface area contributed by atoms with Crippen LogP contribution >= 0.6 is 0 Å². The molecule has 0 spiro atoms. The fourth-order valence-corrected chi connectivity index (χ4v) is 3.83. The lowest BCUT2D eigenvalue weighted by atomic mass is 9.95. The predicted octanol–water partition coefficient (Wildman–Crippen LogP) is 6.26. The van der Waals surface area contributed by atoms with Crippen LogP contribution in [0.15, 0.2) is 85.6 Å². The third kappa shape index (κ3) is 5.69. The van der Waals surface area contributed by atoms with E-state index >= 15 is 0 Å². The molecule has 1 amide bonds. The molecule has 0 radical (unpaired) electrons. The molecule has 0 saturated heterocycles. The van der Waals surface area contributed by atoms with Gasteiger partial charge in [0.05, 0.1) is 18.0 Å². The van der Waals surface area contributed by atoms with Gasteiger partial charge in [0, 0.05) is 25.0 Å². The Balaban J connectivity index is 1.81. The zero-order valence-electron chi connectivity index (χ0n) is 18.1. The van der Waals surface area contributed by atoms with E-state index in [9.17, 15) is 18.0 Å². The van der Waals surface area contributed by atoms with E-state index in [0.29, 0.717) is 25.1 Å². The smallest absolute Gasteiger partial charge is 0.345 e. The number of halogens is 3. The first-order chi connectivity index (χ1) is 15.3. The van der Waals surface area contributed by atoms with E-state index in [-0.39, 0.29) is 18.4 Å². The monoisotopic (exact) mass is 440 g/mol. The summed E-state index contributed by atoms with van der Waals surface area (Å²) in [6.07, 6.45) is -0.201. The molecule has 0 bridgehead atoms.